The maximum absolute atomic E-state index is 2.00. The smallest absolute Gasteiger partial charge is 0 e. The molecule has 1 aromatic rings. The molecular formula is C10H20W-6. The molecule has 0 saturated carbocycles. The Labute approximate surface area is 88.7 Å². The van der Waals surface area contributed by atoms with Crippen LogP contribution in [0.3, 0.4) is 0 Å². The van der Waals surface area contributed by atoms with Crippen molar-refractivity contribution in [2.45, 2.75) is 0 Å². The Hall–Kier alpha value is 0.0383. The van der Waals surface area contributed by atoms with Gasteiger partial charge in [-0.25, -0.2) is 12.1 Å². The van der Waals surface area contributed by atoms with E-state index in [0.717, 1.165) is 0 Å². The summed E-state index contributed by atoms with van der Waals surface area (Å²) in [7, 11) is 0. The molecule has 72 valence electrons. The van der Waals surface area contributed by atoms with E-state index in [0.29, 0.717) is 0 Å². The summed E-state index contributed by atoms with van der Waals surface area (Å²) in [5, 5.41) is 0. The van der Waals surface area contributed by atoms with Crippen LogP contribution in [-0.4, -0.2) is 0 Å². The average molecular weight is 324 g/mol. The summed E-state index contributed by atoms with van der Waals surface area (Å²) < 4.78 is 0. The third-order valence-electron chi connectivity index (χ3n) is 0.556. The topological polar surface area (TPSA) is 0 Å². The van der Waals surface area contributed by atoms with Crippen molar-refractivity contribution in [3.63, 3.8) is 0 Å². The van der Waals surface area contributed by atoms with Crippen molar-refractivity contribution >= 4 is 0 Å². The van der Waals surface area contributed by atoms with Crippen molar-refractivity contribution in [2.75, 3.05) is 0 Å². The van der Waals surface area contributed by atoms with E-state index in [1.807, 2.05) is 30.3 Å². The van der Waals surface area contributed by atoms with Crippen molar-refractivity contribution in [1.29, 1.82) is 0 Å². The zero-order valence-corrected chi connectivity index (χ0v) is 11.2. The van der Waals surface area contributed by atoms with Crippen LogP contribution in [0.15, 0.2) is 30.3 Å². The average Bonchev–Trinajstić information content (AvgIpc) is 1.76. The van der Waals surface area contributed by atoms with Gasteiger partial charge in [-0.1, -0.05) is 0 Å². The molecule has 0 heterocycles. The minimum Gasteiger partial charge on any atom is -0.358 e. The van der Waals surface area contributed by atoms with Gasteiger partial charge in [0.2, 0.25) is 0 Å². The fourth-order valence-electron chi connectivity index (χ4n) is 0.321. The maximum Gasteiger partial charge on any atom is 0 e. The maximum atomic E-state index is 2.00. The summed E-state index contributed by atoms with van der Waals surface area (Å²) in [6.07, 6.45) is 0. The van der Waals surface area contributed by atoms with Gasteiger partial charge in [0.05, 0.1) is 0 Å². The quantitative estimate of drug-likeness (QED) is 0.639. The van der Waals surface area contributed by atoms with E-state index < -0.39 is 0 Å². The van der Waals surface area contributed by atoms with Crippen molar-refractivity contribution in [3.05, 3.63) is 67.5 Å². The second-order valence-electron chi connectivity index (χ2n) is 0.962. The predicted octanol–water partition coefficient (Wildman–Crippen LogP) is 3.65. The fraction of sp³-hybridized carbons (Fsp3) is 0. The van der Waals surface area contributed by atoms with E-state index in [9.17, 15) is 0 Å². The predicted molar refractivity (Wildman–Crippen MR) is 54.1 cm³/mol. The first-order valence-electron chi connectivity index (χ1n) is 1.67. The van der Waals surface area contributed by atoms with Gasteiger partial charge < -0.3 is 37.1 Å². The van der Waals surface area contributed by atoms with E-state index >= 15 is 0 Å². The van der Waals surface area contributed by atoms with Gasteiger partial charge in [0, 0.05) is 21.1 Å². The molecule has 0 fully saturated rings. The molecule has 0 unspecified atom stereocenters. The first-order valence-corrected chi connectivity index (χ1v) is 1.67. The molecule has 0 amide bonds. The molecule has 0 saturated heterocycles. The zero-order valence-electron chi connectivity index (χ0n) is 8.29. The van der Waals surface area contributed by atoms with E-state index in [2.05, 4.69) is 0 Å². The van der Waals surface area contributed by atoms with Gasteiger partial charge in [-0.15, -0.1) is 0 Å². The van der Waals surface area contributed by atoms with E-state index in [1.165, 1.54) is 0 Å². The second kappa shape index (κ2) is 32.3. The second-order valence-corrected chi connectivity index (χ2v) is 0.962. The fourth-order valence-corrected chi connectivity index (χ4v) is 0.321. The first kappa shape index (κ1) is 43.8. The van der Waals surface area contributed by atoms with Crippen LogP contribution < -0.4 is 0 Å². The largest absolute Gasteiger partial charge is 0.358 e. The molecule has 0 radical (unpaired) electrons. The minimum absolute atomic E-state index is 0. The Morgan fingerprint density at radius 1 is 0.636 bits per heavy atom. The Kier molecular flexibility index (Phi) is 129. The summed E-state index contributed by atoms with van der Waals surface area (Å²) >= 11 is 0. The molecule has 0 aliphatic heterocycles. The van der Waals surface area contributed by atoms with Crippen LogP contribution in [0.2, 0.25) is 0 Å². The van der Waals surface area contributed by atoms with Gasteiger partial charge in [-0.3, -0.25) is 0 Å². The minimum atomic E-state index is 0. The van der Waals surface area contributed by atoms with Crippen LogP contribution in [0.5, 0.6) is 0 Å². The van der Waals surface area contributed by atoms with Gasteiger partial charge in [-0.2, -0.15) is 18.2 Å². The summed E-state index contributed by atoms with van der Waals surface area (Å²) in [5.74, 6) is 0. The standard InChI is InChI=1S/C5H5.5CH3.W/c1-2-4-5-3-1;;;;;;/h1-5H;5*1H3;/q6*-1;. The zero-order chi connectivity index (χ0) is 3.54. The van der Waals surface area contributed by atoms with Crippen molar-refractivity contribution < 1.29 is 21.1 Å². The first-order chi connectivity index (χ1) is 2.50. The van der Waals surface area contributed by atoms with Gasteiger partial charge >= 0.3 is 0 Å². The molecule has 1 rings (SSSR count). The van der Waals surface area contributed by atoms with Gasteiger partial charge in [-0.05, 0) is 0 Å². The normalized spacial score (nSPS) is 3.64. The third-order valence-corrected chi connectivity index (χ3v) is 0.556. The summed E-state index contributed by atoms with van der Waals surface area (Å²) in [6.45, 7) is 0. The van der Waals surface area contributed by atoms with Crippen LogP contribution in [0.4, 0.5) is 0 Å². The molecule has 0 aromatic heterocycles. The summed E-state index contributed by atoms with van der Waals surface area (Å²) in [4.78, 5) is 0. The molecule has 0 aliphatic carbocycles. The van der Waals surface area contributed by atoms with Crippen LogP contribution in [0.25, 0.3) is 0 Å². The van der Waals surface area contributed by atoms with Crippen LogP contribution in [-0.2, 0) is 21.1 Å². The third kappa shape index (κ3) is 25.6. The Morgan fingerprint density at radius 2 is 0.909 bits per heavy atom. The van der Waals surface area contributed by atoms with Crippen LogP contribution >= 0.6 is 0 Å². The number of hydrogen-bond donors (Lipinski definition) is 0. The van der Waals surface area contributed by atoms with Gasteiger partial charge in [0.15, 0.2) is 0 Å². The Morgan fingerprint density at radius 3 is 1.00 bits per heavy atom. The molecule has 0 nitrogen and oxygen atoms in total. The molecule has 11 heavy (non-hydrogen) atoms. The summed E-state index contributed by atoms with van der Waals surface area (Å²) in [6, 6.07) is 10.0. The molecule has 1 heteroatoms. The van der Waals surface area contributed by atoms with Crippen molar-refractivity contribution in [2.24, 2.45) is 0 Å². The van der Waals surface area contributed by atoms with E-state index in [-0.39, 0.29) is 58.2 Å². The molecule has 0 aliphatic rings. The SMILES string of the molecule is [CH3-].[CH3-].[CH3-].[CH3-].[CH3-].[W].c1cc[cH-]c1. The van der Waals surface area contributed by atoms with E-state index in [4.69, 9.17) is 0 Å². The molecule has 0 N–H and O–H groups in total. The van der Waals surface area contributed by atoms with Gasteiger partial charge in [0.1, 0.15) is 0 Å². The number of rotatable bonds is 0. The molecule has 0 atom stereocenters. The van der Waals surface area contributed by atoms with Crippen molar-refractivity contribution in [1.82, 2.24) is 0 Å². The van der Waals surface area contributed by atoms with Gasteiger partial charge in [0.25, 0.3) is 0 Å². The van der Waals surface area contributed by atoms with Crippen LogP contribution in [0, 0.1) is 37.1 Å². The van der Waals surface area contributed by atoms with Crippen LogP contribution in [0.1, 0.15) is 0 Å². The number of hydrogen-bond acceptors (Lipinski definition) is 0. The van der Waals surface area contributed by atoms with Crippen molar-refractivity contribution in [3.8, 4) is 0 Å². The summed E-state index contributed by atoms with van der Waals surface area (Å²) in [5.41, 5.74) is 0. The Bertz CT molecular complexity index is 61.3. The monoisotopic (exact) mass is 324 g/mol. The van der Waals surface area contributed by atoms with E-state index in [1.54, 1.807) is 0 Å². The molecule has 1 aromatic carbocycles. The molecule has 0 spiro atoms. The molecule has 0 bridgehead atoms. The Balaban J connectivity index is -0.0000000104. The molecular weight excluding hydrogens is 304 g/mol.